The lowest BCUT2D eigenvalue weighted by Gasteiger charge is -2.34. The highest BCUT2D eigenvalue weighted by molar-refractivity contribution is 6.06. The van der Waals surface area contributed by atoms with Gasteiger partial charge in [-0.2, -0.15) is 0 Å². The van der Waals surface area contributed by atoms with E-state index < -0.39 is 11.6 Å². The van der Waals surface area contributed by atoms with Crippen molar-refractivity contribution in [2.24, 2.45) is 0 Å². The summed E-state index contributed by atoms with van der Waals surface area (Å²) in [4.78, 5) is 40.6. The third-order valence-corrected chi connectivity index (χ3v) is 6.94. The number of hydrogen-bond acceptors (Lipinski definition) is 5. The molecule has 0 atom stereocenters. The molecule has 0 unspecified atom stereocenters. The first-order chi connectivity index (χ1) is 17.0. The van der Waals surface area contributed by atoms with E-state index in [9.17, 15) is 18.4 Å². The van der Waals surface area contributed by atoms with Crippen molar-refractivity contribution < 1.29 is 13.6 Å². The molecule has 0 radical (unpaired) electrons. The van der Waals surface area contributed by atoms with Gasteiger partial charge in [0.1, 0.15) is 5.69 Å². The first kappa shape index (κ1) is 21.5. The minimum absolute atomic E-state index is 0.0519. The maximum Gasteiger partial charge on any atom is 0.327 e. The highest BCUT2D eigenvalue weighted by atomic mass is 19.2. The number of piperidine rings is 1. The summed E-state index contributed by atoms with van der Waals surface area (Å²) < 4.78 is 29.5. The molecule has 6 rings (SSSR count). The Hall–Kier alpha value is -4.08. The minimum Gasteiger partial charge on any atom is -0.371 e. The molecule has 5 heterocycles. The Kier molecular flexibility index (Phi) is 5.09. The molecular formula is C25H22F2N6O2. The van der Waals surface area contributed by atoms with Crippen LogP contribution in [0.15, 0.2) is 53.6 Å². The van der Waals surface area contributed by atoms with Crippen LogP contribution < -0.4 is 15.5 Å². The fourth-order valence-corrected chi connectivity index (χ4v) is 5.20. The van der Waals surface area contributed by atoms with Gasteiger partial charge in [0.15, 0.2) is 17.3 Å². The van der Waals surface area contributed by atoms with Gasteiger partial charge in [0.05, 0.1) is 11.2 Å². The number of carbonyl (C=O) groups is 1. The van der Waals surface area contributed by atoms with Crippen LogP contribution in [-0.2, 0) is 6.42 Å². The van der Waals surface area contributed by atoms with Gasteiger partial charge < -0.3 is 9.80 Å². The van der Waals surface area contributed by atoms with Gasteiger partial charge >= 0.3 is 5.69 Å². The quantitative estimate of drug-likeness (QED) is 0.490. The van der Waals surface area contributed by atoms with Crippen LogP contribution in [0.3, 0.4) is 0 Å². The van der Waals surface area contributed by atoms with Crippen LogP contribution in [0.25, 0.3) is 11.2 Å². The van der Waals surface area contributed by atoms with Crippen LogP contribution in [-0.4, -0.2) is 45.1 Å². The lowest BCUT2D eigenvalue weighted by molar-refractivity contribution is 0.0984. The maximum atomic E-state index is 14.1. The van der Waals surface area contributed by atoms with E-state index >= 15 is 0 Å². The number of fused-ring (bicyclic) bond motifs is 2. The predicted molar refractivity (Wildman–Crippen MR) is 127 cm³/mol. The molecule has 1 amide bonds. The number of amides is 1. The molecule has 0 saturated carbocycles. The summed E-state index contributed by atoms with van der Waals surface area (Å²) >= 11 is 0. The molecule has 2 aliphatic heterocycles. The summed E-state index contributed by atoms with van der Waals surface area (Å²) in [7, 11) is 0. The van der Waals surface area contributed by atoms with Crippen molar-refractivity contribution in [3.63, 3.8) is 0 Å². The number of aromatic nitrogens is 4. The van der Waals surface area contributed by atoms with Crippen molar-refractivity contribution in [2.45, 2.75) is 25.3 Å². The van der Waals surface area contributed by atoms with Crippen LogP contribution in [0.2, 0.25) is 0 Å². The van der Waals surface area contributed by atoms with E-state index in [0.717, 1.165) is 30.1 Å². The van der Waals surface area contributed by atoms with E-state index in [2.05, 4.69) is 19.9 Å². The summed E-state index contributed by atoms with van der Waals surface area (Å²) in [6.45, 7) is 1.69. The number of nitrogens with zero attached hydrogens (tertiary/aromatic N) is 5. The monoisotopic (exact) mass is 476 g/mol. The number of halogens is 2. The van der Waals surface area contributed by atoms with E-state index in [1.165, 1.54) is 11.0 Å². The third-order valence-electron chi connectivity index (χ3n) is 6.94. The Bertz CT molecular complexity index is 1510. The minimum atomic E-state index is -0.910. The predicted octanol–water partition coefficient (Wildman–Crippen LogP) is 3.44. The fraction of sp³-hybridized carbons (Fsp3) is 0.280. The number of anilines is 2. The number of pyridine rings is 2. The summed E-state index contributed by atoms with van der Waals surface area (Å²) in [5.74, 6) is -2.15. The maximum absolute atomic E-state index is 14.1. The van der Waals surface area contributed by atoms with Crippen LogP contribution in [0, 0.1) is 11.6 Å². The normalized spacial score (nSPS) is 16.2. The van der Waals surface area contributed by atoms with Gasteiger partial charge in [0.25, 0.3) is 5.91 Å². The molecule has 2 aliphatic rings. The van der Waals surface area contributed by atoms with Gasteiger partial charge in [0, 0.05) is 49.3 Å². The number of imidazole rings is 1. The number of carbonyl (C=O) groups excluding carboxylic acids is 1. The number of rotatable bonds is 3. The summed E-state index contributed by atoms with van der Waals surface area (Å²) in [5.41, 5.74) is 2.95. The highest BCUT2D eigenvalue weighted by Gasteiger charge is 2.30. The molecular weight excluding hydrogens is 454 g/mol. The highest BCUT2D eigenvalue weighted by Crippen LogP contribution is 2.33. The zero-order valence-electron chi connectivity index (χ0n) is 18.7. The Morgan fingerprint density at radius 1 is 1.03 bits per heavy atom. The Labute approximate surface area is 198 Å². The molecule has 3 aromatic heterocycles. The SMILES string of the molecule is O=C(c1cc(N2CCC(n3c(=O)[nH]c4ncccc43)CC2)ccn1)N1CCc2c1ccc(F)c2F. The molecule has 35 heavy (non-hydrogen) atoms. The Morgan fingerprint density at radius 2 is 1.86 bits per heavy atom. The van der Waals surface area contributed by atoms with E-state index in [4.69, 9.17) is 0 Å². The van der Waals surface area contributed by atoms with Gasteiger partial charge in [-0.05, 0) is 55.7 Å². The van der Waals surface area contributed by atoms with Gasteiger partial charge in [-0.25, -0.2) is 18.6 Å². The molecule has 8 nitrogen and oxygen atoms in total. The zero-order chi connectivity index (χ0) is 24.1. The van der Waals surface area contributed by atoms with Crippen LogP contribution in [0.5, 0.6) is 0 Å². The van der Waals surface area contributed by atoms with Gasteiger partial charge in [-0.1, -0.05) is 0 Å². The first-order valence-corrected chi connectivity index (χ1v) is 11.6. The van der Waals surface area contributed by atoms with E-state index in [0.29, 0.717) is 24.4 Å². The van der Waals surface area contributed by atoms with Crippen molar-refractivity contribution >= 4 is 28.4 Å². The average molecular weight is 476 g/mol. The number of aromatic amines is 1. The van der Waals surface area contributed by atoms with Crippen LogP contribution in [0.1, 0.15) is 34.9 Å². The molecule has 10 heteroatoms. The molecule has 1 N–H and O–H groups in total. The van der Waals surface area contributed by atoms with Crippen molar-refractivity contribution in [1.82, 2.24) is 19.5 Å². The molecule has 1 aromatic carbocycles. The lowest BCUT2D eigenvalue weighted by atomic mass is 10.0. The standard InChI is InChI=1S/C25H22F2N6O2/c26-18-3-4-20-17(22(18)27)8-13-32(20)24(34)19-14-16(5-10-28-19)31-11-6-15(7-12-31)33-21-2-1-9-29-23(21)30-25(33)35/h1-5,9-10,14-15H,6-8,11-13H2,(H,29,30,35). The number of nitrogens with one attached hydrogen (secondary N) is 1. The second kappa shape index (κ2) is 8.30. The van der Waals surface area contributed by atoms with Crippen molar-refractivity contribution in [3.8, 4) is 0 Å². The Morgan fingerprint density at radius 3 is 2.69 bits per heavy atom. The number of hydrogen-bond donors (Lipinski definition) is 1. The second-order valence-electron chi connectivity index (χ2n) is 8.85. The Balaban J connectivity index is 1.20. The fourth-order valence-electron chi connectivity index (χ4n) is 5.20. The molecule has 4 aromatic rings. The lowest BCUT2D eigenvalue weighted by Crippen LogP contribution is -2.37. The average Bonchev–Trinajstić information content (AvgIpc) is 3.47. The first-order valence-electron chi connectivity index (χ1n) is 11.6. The molecule has 0 bridgehead atoms. The number of benzene rings is 1. The number of H-pyrrole nitrogens is 1. The third kappa shape index (κ3) is 3.56. The van der Waals surface area contributed by atoms with Gasteiger partial charge in [-0.15, -0.1) is 0 Å². The van der Waals surface area contributed by atoms with Crippen LogP contribution in [0.4, 0.5) is 20.2 Å². The molecule has 178 valence electrons. The smallest absolute Gasteiger partial charge is 0.327 e. The van der Waals surface area contributed by atoms with Gasteiger partial charge in [-0.3, -0.25) is 19.3 Å². The van der Waals surface area contributed by atoms with Crippen LogP contribution >= 0.6 is 0 Å². The summed E-state index contributed by atoms with van der Waals surface area (Å²) in [5, 5.41) is 0. The van der Waals surface area contributed by atoms with Crippen molar-refractivity contribution in [1.29, 1.82) is 0 Å². The van der Waals surface area contributed by atoms with Gasteiger partial charge in [0.2, 0.25) is 0 Å². The van der Waals surface area contributed by atoms with E-state index in [1.54, 1.807) is 23.0 Å². The second-order valence-corrected chi connectivity index (χ2v) is 8.85. The largest absolute Gasteiger partial charge is 0.371 e. The van der Waals surface area contributed by atoms with E-state index in [-0.39, 0.29) is 41.9 Å². The topological polar surface area (TPSA) is 87.1 Å². The summed E-state index contributed by atoms with van der Waals surface area (Å²) in [6, 6.07) is 9.84. The zero-order valence-corrected chi connectivity index (χ0v) is 18.7. The van der Waals surface area contributed by atoms with E-state index in [1.807, 2.05) is 18.2 Å². The summed E-state index contributed by atoms with van der Waals surface area (Å²) in [6.07, 6.45) is 5.03. The molecule has 1 fully saturated rings. The van der Waals surface area contributed by atoms with Crippen molar-refractivity contribution in [3.05, 3.63) is 82.2 Å². The molecule has 0 spiro atoms. The molecule has 0 aliphatic carbocycles. The van der Waals surface area contributed by atoms with Crippen molar-refractivity contribution in [2.75, 3.05) is 29.4 Å². The molecule has 1 saturated heterocycles.